The molecule has 9 heteroatoms. The number of pyridine rings is 1. The van der Waals surface area contributed by atoms with Gasteiger partial charge in [-0.3, -0.25) is 14.6 Å². The third-order valence-corrected chi connectivity index (χ3v) is 8.53. The number of nitrogens with two attached hydrogens (primary N) is 1. The summed E-state index contributed by atoms with van der Waals surface area (Å²) in [7, 11) is 2.03. The molecule has 4 aliphatic rings. The van der Waals surface area contributed by atoms with Gasteiger partial charge in [-0.2, -0.15) is 10.2 Å². The van der Waals surface area contributed by atoms with Crippen molar-refractivity contribution >= 4 is 22.5 Å². The molecule has 180 valence electrons. The Kier molecular flexibility index (Phi) is 4.59. The van der Waals surface area contributed by atoms with Crippen LogP contribution in [0.15, 0.2) is 17.1 Å². The van der Waals surface area contributed by atoms with E-state index in [4.69, 9.17) is 10.8 Å². The lowest BCUT2D eigenvalue weighted by molar-refractivity contribution is 0.170. The van der Waals surface area contributed by atoms with Gasteiger partial charge < -0.3 is 20.1 Å². The molecule has 3 aromatic rings. The largest absolute Gasteiger partial charge is 0.382 e. The number of likely N-dealkylation sites (tertiary alicyclic amines) is 1. The van der Waals surface area contributed by atoms with Crippen LogP contribution in [-0.4, -0.2) is 61.7 Å². The molecule has 2 aliphatic carbocycles. The van der Waals surface area contributed by atoms with E-state index in [-0.39, 0.29) is 17.4 Å². The summed E-state index contributed by atoms with van der Waals surface area (Å²) in [5.41, 5.74) is 8.68. The van der Waals surface area contributed by atoms with Crippen molar-refractivity contribution in [3.63, 3.8) is 0 Å². The molecule has 4 fully saturated rings. The Morgan fingerprint density at radius 2 is 1.88 bits per heavy atom. The Morgan fingerprint density at radius 1 is 1.12 bits per heavy atom. The van der Waals surface area contributed by atoms with Gasteiger partial charge in [-0.25, -0.2) is 0 Å². The van der Waals surface area contributed by atoms with Crippen molar-refractivity contribution in [2.45, 2.75) is 57.0 Å². The third-order valence-electron chi connectivity index (χ3n) is 8.53. The Hall–Kier alpha value is -2.81. The summed E-state index contributed by atoms with van der Waals surface area (Å²) in [5, 5.41) is 12.7. The van der Waals surface area contributed by atoms with Crippen molar-refractivity contribution in [2.75, 3.05) is 36.8 Å². The number of aryl methyl sites for hydroxylation is 1. The van der Waals surface area contributed by atoms with Gasteiger partial charge in [0.1, 0.15) is 11.2 Å². The number of nitrogen functional groups attached to an aromatic ring is 1. The van der Waals surface area contributed by atoms with Crippen LogP contribution in [0.2, 0.25) is 0 Å². The van der Waals surface area contributed by atoms with E-state index in [9.17, 15) is 4.79 Å². The zero-order valence-electron chi connectivity index (χ0n) is 19.9. The first-order valence-electron chi connectivity index (χ1n) is 13.0. The molecule has 0 bridgehead atoms. The van der Waals surface area contributed by atoms with E-state index in [0.29, 0.717) is 28.8 Å². The predicted molar refractivity (Wildman–Crippen MR) is 133 cm³/mol. The van der Waals surface area contributed by atoms with Crippen LogP contribution < -0.4 is 16.2 Å². The molecule has 0 radical (unpaired) electrons. The number of fused-ring (bicyclic) bond motifs is 1. The highest BCUT2D eigenvalue weighted by atomic mass is 16.1. The molecular formula is C25H34N8O. The number of hydrogen-bond donors (Lipinski definition) is 2. The fraction of sp³-hybridized carbons (Fsp3) is 0.640. The van der Waals surface area contributed by atoms with Gasteiger partial charge in [-0.15, -0.1) is 0 Å². The van der Waals surface area contributed by atoms with E-state index in [1.807, 2.05) is 22.5 Å². The summed E-state index contributed by atoms with van der Waals surface area (Å²) in [5.74, 6) is 2.65. The Morgan fingerprint density at radius 3 is 2.56 bits per heavy atom. The van der Waals surface area contributed by atoms with Crippen molar-refractivity contribution in [3.8, 4) is 11.3 Å². The zero-order chi connectivity index (χ0) is 23.0. The van der Waals surface area contributed by atoms with Gasteiger partial charge >= 0.3 is 0 Å². The molecule has 0 spiro atoms. The maximum Gasteiger partial charge on any atom is 0.264 e. The van der Waals surface area contributed by atoms with Gasteiger partial charge in [0.05, 0.1) is 11.2 Å². The predicted octanol–water partition coefficient (Wildman–Crippen LogP) is 2.74. The van der Waals surface area contributed by atoms with Gasteiger partial charge in [0.2, 0.25) is 0 Å². The van der Waals surface area contributed by atoms with Gasteiger partial charge in [0, 0.05) is 50.0 Å². The van der Waals surface area contributed by atoms with Crippen molar-refractivity contribution in [1.29, 1.82) is 0 Å². The minimum absolute atomic E-state index is 0.0147. The Balaban J connectivity index is 1.31. The number of nitrogens with zero attached hydrogens (tertiary/aromatic N) is 6. The second-order valence-electron chi connectivity index (χ2n) is 10.9. The summed E-state index contributed by atoms with van der Waals surface area (Å²) in [6, 6.07) is 3.00. The normalized spacial score (nSPS) is 23.4. The van der Waals surface area contributed by atoms with E-state index in [0.717, 1.165) is 30.2 Å². The first-order valence-corrected chi connectivity index (χ1v) is 13.0. The maximum absolute atomic E-state index is 13.5. The number of aromatic amines is 1. The standard InChI is InChI=1S/C25H34N8O/c1-30-20(32-11-2-4-17(32)13-31-9-3-10-31)12-19(29-30)18-14-33(23(15-5-6-15)16-7-8-16)25(34)21-22(18)27-28-24(21)26/h12,14-17,23H,2-11,13H2,1H3,(H3,26,27,28)/t17-/m1/s1. The smallest absolute Gasteiger partial charge is 0.264 e. The average Bonchev–Trinajstić information content (AvgIpc) is 3.69. The molecule has 5 heterocycles. The fourth-order valence-corrected chi connectivity index (χ4v) is 6.34. The van der Waals surface area contributed by atoms with Crippen LogP contribution in [0.4, 0.5) is 11.6 Å². The molecule has 9 nitrogen and oxygen atoms in total. The molecule has 0 amide bonds. The highest BCUT2D eigenvalue weighted by Crippen LogP contribution is 2.52. The first kappa shape index (κ1) is 20.6. The summed E-state index contributed by atoms with van der Waals surface area (Å²) in [4.78, 5) is 18.6. The SMILES string of the molecule is Cn1nc(-c2cn(C(C3CC3)C3CC3)c(=O)c3c(N)n[nH]c23)cc1N1CCC[C@@H]1CN1CCC1. The number of nitrogens with one attached hydrogen (secondary N) is 1. The molecule has 34 heavy (non-hydrogen) atoms. The van der Waals surface area contributed by atoms with E-state index in [1.165, 1.54) is 58.0 Å². The number of aromatic nitrogens is 5. The lowest BCUT2D eigenvalue weighted by Gasteiger charge is -2.36. The lowest BCUT2D eigenvalue weighted by atomic mass is 10.0. The quantitative estimate of drug-likeness (QED) is 0.560. The lowest BCUT2D eigenvalue weighted by Crippen LogP contribution is -2.46. The van der Waals surface area contributed by atoms with Crippen LogP contribution >= 0.6 is 0 Å². The summed E-state index contributed by atoms with van der Waals surface area (Å²) >= 11 is 0. The Labute approximate surface area is 198 Å². The number of anilines is 2. The van der Waals surface area contributed by atoms with E-state index in [1.54, 1.807) is 0 Å². The molecule has 0 aromatic carbocycles. The fourth-order valence-electron chi connectivity index (χ4n) is 6.34. The van der Waals surface area contributed by atoms with Crippen LogP contribution in [0, 0.1) is 11.8 Å². The van der Waals surface area contributed by atoms with Crippen molar-refractivity contribution in [2.24, 2.45) is 18.9 Å². The highest BCUT2D eigenvalue weighted by molar-refractivity contribution is 5.97. The van der Waals surface area contributed by atoms with Crippen molar-refractivity contribution < 1.29 is 0 Å². The van der Waals surface area contributed by atoms with E-state index in [2.05, 4.69) is 26.1 Å². The molecule has 2 saturated heterocycles. The minimum Gasteiger partial charge on any atom is -0.382 e. The molecule has 1 atom stereocenters. The summed E-state index contributed by atoms with van der Waals surface area (Å²) < 4.78 is 3.99. The van der Waals surface area contributed by atoms with Gasteiger partial charge in [-0.05, 0) is 69.9 Å². The zero-order valence-corrected chi connectivity index (χ0v) is 19.9. The summed E-state index contributed by atoms with van der Waals surface area (Å²) in [6.07, 6.45) is 10.7. The number of H-pyrrole nitrogens is 1. The van der Waals surface area contributed by atoms with Gasteiger partial charge in [-0.1, -0.05) is 0 Å². The van der Waals surface area contributed by atoms with Crippen LogP contribution in [0.3, 0.4) is 0 Å². The van der Waals surface area contributed by atoms with Crippen LogP contribution in [0.5, 0.6) is 0 Å². The molecule has 3 aromatic heterocycles. The first-order chi connectivity index (χ1) is 16.6. The molecule has 0 unspecified atom stereocenters. The molecule has 3 N–H and O–H groups in total. The molecule has 2 saturated carbocycles. The minimum atomic E-state index is -0.0147. The highest BCUT2D eigenvalue weighted by Gasteiger charge is 2.43. The summed E-state index contributed by atoms with van der Waals surface area (Å²) in [6.45, 7) is 4.65. The van der Waals surface area contributed by atoms with E-state index >= 15 is 0 Å². The average molecular weight is 463 g/mol. The van der Waals surface area contributed by atoms with Gasteiger partial charge in [0.25, 0.3) is 5.56 Å². The topological polar surface area (TPSA) is 101 Å². The second kappa shape index (κ2) is 7.60. The van der Waals surface area contributed by atoms with Crippen LogP contribution in [-0.2, 0) is 7.05 Å². The second-order valence-corrected chi connectivity index (χ2v) is 10.9. The maximum atomic E-state index is 13.5. The van der Waals surface area contributed by atoms with E-state index < -0.39 is 0 Å². The van der Waals surface area contributed by atoms with Gasteiger partial charge in [0.15, 0.2) is 5.82 Å². The molecule has 7 rings (SSSR count). The monoisotopic (exact) mass is 462 g/mol. The van der Waals surface area contributed by atoms with Crippen LogP contribution in [0.1, 0.15) is 51.0 Å². The Bertz CT molecular complexity index is 1280. The van der Waals surface area contributed by atoms with Crippen LogP contribution in [0.25, 0.3) is 22.2 Å². The van der Waals surface area contributed by atoms with Crippen molar-refractivity contribution in [1.82, 2.24) is 29.4 Å². The molecular weight excluding hydrogens is 428 g/mol. The third kappa shape index (κ3) is 3.27. The molecule has 2 aliphatic heterocycles. The number of hydrogen-bond acceptors (Lipinski definition) is 6. The van der Waals surface area contributed by atoms with Crippen molar-refractivity contribution in [3.05, 3.63) is 22.6 Å². The number of rotatable bonds is 7.